The number of ether oxygens (including phenoxy) is 1. The molecule has 4 unspecified atom stereocenters. The molecule has 0 aromatic heterocycles. The predicted octanol–water partition coefficient (Wildman–Crippen LogP) is 4.48. The van der Waals surface area contributed by atoms with E-state index < -0.39 is 77.2 Å². The number of nitriles is 1. The third-order valence-corrected chi connectivity index (χ3v) is 7.92. The van der Waals surface area contributed by atoms with Crippen LogP contribution in [0.2, 0.25) is 0 Å². The van der Waals surface area contributed by atoms with E-state index in [9.17, 15) is 46.0 Å². The van der Waals surface area contributed by atoms with Crippen molar-refractivity contribution in [2.45, 2.75) is 95.1 Å². The van der Waals surface area contributed by atoms with Crippen LogP contribution in [-0.2, 0) is 26.7 Å². The van der Waals surface area contributed by atoms with E-state index in [1.165, 1.54) is 16.7 Å². The third-order valence-electron chi connectivity index (χ3n) is 7.92. The van der Waals surface area contributed by atoms with E-state index >= 15 is 0 Å². The van der Waals surface area contributed by atoms with Gasteiger partial charge in [0, 0.05) is 25.7 Å². The average molecular weight is 618 g/mol. The summed E-state index contributed by atoms with van der Waals surface area (Å²) in [6.07, 6.45) is -9.59. The van der Waals surface area contributed by atoms with Crippen LogP contribution in [-0.4, -0.2) is 82.0 Å². The second-order valence-electron chi connectivity index (χ2n) is 12.1. The summed E-state index contributed by atoms with van der Waals surface area (Å²) in [6, 6.07) is -0.915. The highest BCUT2D eigenvalue weighted by Crippen LogP contribution is 2.42. The SMILES string of the molecule is C[C@@H](c1cc(C(F)(F)F)cc(C(F)(F)F)c1)N1C(=O)C2CC1CN2CC(NC(=O)OC(C)(C)C)C(=O)N1CCCC1C#N. The van der Waals surface area contributed by atoms with Crippen LogP contribution >= 0.6 is 0 Å². The Labute approximate surface area is 244 Å². The molecule has 9 nitrogen and oxygen atoms in total. The summed E-state index contributed by atoms with van der Waals surface area (Å²) in [5.41, 5.74) is -4.09. The lowest BCUT2D eigenvalue weighted by Gasteiger charge is -2.39. The number of piperazine rings is 1. The molecule has 15 heteroatoms. The van der Waals surface area contributed by atoms with Gasteiger partial charge in [-0.2, -0.15) is 31.6 Å². The first-order valence-corrected chi connectivity index (χ1v) is 13.9. The number of nitrogens with one attached hydrogen (secondary N) is 1. The molecule has 1 N–H and O–H groups in total. The van der Waals surface area contributed by atoms with Gasteiger partial charge in [0.1, 0.15) is 17.7 Å². The van der Waals surface area contributed by atoms with Gasteiger partial charge in [-0.1, -0.05) is 0 Å². The standard InChI is InChI=1S/C28H33F6N5O4/c1-15(16-8-17(27(29,30)31)10-18(9-16)28(32,33)34)39-20-11-22(24(39)41)37(13-20)14-21(36-25(42)43-26(2,3)4)23(40)38-7-5-6-19(38)12-35/h8-10,15,19-22H,5-7,11,13-14H2,1-4H3,(H,36,42)/t15-,19?,20?,21?,22?/m0/s1. The molecule has 4 rings (SSSR count). The van der Waals surface area contributed by atoms with Crippen molar-refractivity contribution in [1.82, 2.24) is 20.0 Å². The van der Waals surface area contributed by atoms with E-state index in [0.717, 1.165) is 0 Å². The van der Waals surface area contributed by atoms with E-state index in [0.29, 0.717) is 31.5 Å². The molecule has 5 atom stereocenters. The Morgan fingerprint density at radius 1 is 1.09 bits per heavy atom. The van der Waals surface area contributed by atoms with Gasteiger partial charge in [-0.3, -0.25) is 14.5 Å². The maximum Gasteiger partial charge on any atom is 0.416 e. The third kappa shape index (κ3) is 7.00. The molecule has 3 heterocycles. The number of fused-ring (bicyclic) bond motifs is 2. The van der Waals surface area contributed by atoms with Crippen molar-refractivity contribution in [3.63, 3.8) is 0 Å². The van der Waals surface area contributed by atoms with Gasteiger partial charge < -0.3 is 19.9 Å². The number of hydrogen-bond donors (Lipinski definition) is 1. The molecule has 0 saturated carbocycles. The van der Waals surface area contributed by atoms with Crippen molar-refractivity contribution >= 4 is 17.9 Å². The lowest BCUT2D eigenvalue weighted by Crippen LogP contribution is -2.59. The molecule has 3 aliphatic rings. The number of amides is 3. The molecule has 3 saturated heterocycles. The summed E-state index contributed by atoms with van der Waals surface area (Å²) in [4.78, 5) is 43.9. The molecule has 0 radical (unpaired) electrons. The molecule has 1 aromatic rings. The van der Waals surface area contributed by atoms with Crippen molar-refractivity contribution in [3.05, 3.63) is 34.9 Å². The normalized spacial score (nSPS) is 24.2. The largest absolute Gasteiger partial charge is 0.444 e. The molecule has 3 amide bonds. The highest BCUT2D eigenvalue weighted by molar-refractivity contribution is 5.88. The highest BCUT2D eigenvalue weighted by Gasteiger charge is 2.52. The molecular formula is C28H33F6N5O4. The lowest BCUT2D eigenvalue weighted by atomic mass is 9.98. The quantitative estimate of drug-likeness (QED) is 0.472. The smallest absolute Gasteiger partial charge is 0.416 e. The Balaban J connectivity index is 1.54. The number of carbonyl (C=O) groups excluding carboxylic acids is 3. The fourth-order valence-corrected chi connectivity index (χ4v) is 6.01. The van der Waals surface area contributed by atoms with Crippen LogP contribution in [0.3, 0.4) is 0 Å². The number of rotatable bonds is 6. The summed E-state index contributed by atoms with van der Waals surface area (Å²) in [5.74, 6) is -1.02. The Kier molecular flexibility index (Phi) is 8.67. The summed E-state index contributed by atoms with van der Waals surface area (Å²) < 4.78 is 85.9. The maximum absolute atomic E-state index is 13.5. The van der Waals surface area contributed by atoms with Gasteiger partial charge in [-0.05, 0) is 70.7 Å². The number of alkyl carbamates (subject to hydrolysis) is 1. The number of alkyl halides is 6. The van der Waals surface area contributed by atoms with E-state index in [2.05, 4.69) is 11.4 Å². The molecule has 1 aromatic carbocycles. The monoisotopic (exact) mass is 617 g/mol. The minimum atomic E-state index is -5.02. The Morgan fingerprint density at radius 2 is 1.70 bits per heavy atom. The van der Waals surface area contributed by atoms with Crippen LogP contribution in [0, 0.1) is 11.3 Å². The second-order valence-corrected chi connectivity index (χ2v) is 12.1. The van der Waals surface area contributed by atoms with E-state index in [-0.39, 0.29) is 31.1 Å². The Bertz CT molecular complexity index is 1270. The summed E-state index contributed by atoms with van der Waals surface area (Å²) in [7, 11) is 0. The van der Waals surface area contributed by atoms with Crippen molar-refractivity contribution in [2.75, 3.05) is 19.6 Å². The van der Waals surface area contributed by atoms with E-state index in [1.54, 1.807) is 25.7 Å². The zero-order valence-corrected chi connectivity index (χ0v) is 24.1. The van der Waals surface area contributed by atoms with Crippen LogP contribution in [0.15, 0.2) is 18.2 Å². The summed E-state index contributed by atoms with van der Waals surface area (Å²) in [6.45, 7) is 6.69. The van der Waals surface area contributed by atoms with Crippen LogP contribution in [0.4, 0.5) is 31.1 Å². The van der Waals surface area contributed by atoms with Crippen molar-refractivity contribution < 1.29 is 45.5 Å². The zero-order valence-electron chi connectivity index (χ0n) is 24.1. The predicted molar refractivity (Wildman–Crippen MR) is 139 cm³/mol. The number of benzene rings is 1. The molecule has 43 heavy (non-hydrogen) atoms. The van der Waals surface area contributed by atoms with E-state index in [4.69, 9.17) is 4.74 Å². The molecule has 0 spiro atoms. The molecule has 3 aliphatic heterocycles. The summed E-state index contributed by atoms with van der Waals surface area (Å²) in [5, 5.41) is 12.0. The molecule has 0 aliphatic carbocycles. The molecule has 3 fully saturated rings. The van der Waals surface area contributed by atoms with Crippen LogP contribution < -0.4 is 5.32 Å². The van der Waals surface area contributed by atoms with Gasteiger partial charge in [0.15, 0.2) is 0 Å². The first kappa shape index (κ1) is 32.4. The number of carbonyl (C=O) groups is 3. The summed E-state index contributed by atoms with van der Waals surface area (Å²) >= 11 is 0. The molecule has 2 bridgehead atoms. The number of halogens is 6. The molecule has 236 valence electrons. The minimum Gasteiger partial charge on any atom is -0.444 e. The highest BCUT2D eigenvalue weighted by atomic mass is 19.4. The maximum atomic E-state index is 13.5. The van der Waals surface area contributed by atoms with Gasteiger partial charge in [0.2, 0.25) is 11.8 Å². The van der Waals surface area contributed by atoms with Crippen LogP contribution in [0.25, 0.3) is 0 Å². The van der Waals surface area contributed by atoms with Crippen LogP contribution in [0.1, 0.15) is 69.7 Å². The van der Waals surface area contributed by atoms with Gasteiger partial charge in [0.05, 0.1) is 29.3 Å². The fraction of sp³-hybridized carbons (Fsp3) is 0.643. The van der Waals surface area contributed by atoms with Gasteiger partial charge in [-0.15, -0.1) is 0 Å². The first-order valence-electron chi connectivity index (χ1n) is 13.9. The van der Waals surface area contributed by atoms with Crippen molar-refractivity contribution in [1.29, 1.82) is 5.26 Å². The van der Waals surface area contributed by atoms with Gasteiger partial charge in [-0.25, -0.2) is 4.79 Å². The zero-order chi connectivity index (χ0) is 32.1. The number of likely N-dealkylation sites (tertiary alicyclic amines) is 3. The van der Waals surface area contributed by atoms with Gasteiger partial charge >= 0.3 is 18.4 Å². The second kappa shape index (κ2) is 11.5. The first-order chi connectivity index (χ1) is 19.8. The number of hydrogen-bond acceptors (Lipinski definition) is 6. The average Bonchev–Trinajstić information content (AvgIpc) is 3.59. The molecular weight excluding hydrogens is 584 g/mol. The van der Waals surface area contributed by atoms with Gasteiger partial charge in [0.25, 0.3) is 0 Å². The van der Waals surface area contributed by atoms with Crippen molar-refractivity contribution in [2.24, 2.45) is 0 Å². The van der Waals surface area contributed by atoms with Crippen LogP contribution in [0.5, 0.6) is 0 Å². The Morgan fingerprint density at radius 3 is 2.21 bits per heavy atom. The van der Waals surface area contributed by atoms with Crippen molar-refractivity contribution in [3.8, 4) is 6.07 Å². The minimum absolute atomic E-state index is 0.0436. The van der Waals surface area contributed by atoms with E-state index in [1.807, 2.05) is 0 Å². The number of nitrogens with zero attached hydrogens (tertiary/aromatic N) is 4. The fourth-order valence-electron chi connectivity index (χ4n) is 6.01. The Hall–Kier alpha value is -3.54. The lowest BCUT2D eigenvalue weighted by molar-refractivity contribution is -0.143. The topological polar surface area (TPSA) is 106 Å².